The predicted octanol–water partition coefficient (Wildman–Crippen LogP) is 6.94. The summed E-state index contributed by atoms with van der Waals surface area (Å²) < 4.78 is 86.9. The number of pyridine rings is 1. The van der Waals surface area contributed by atoms with Crippen LogP contribution in [-0.2, 0) is 34.5 Å². The number of methoxy groups -OCH3 is 4. The van der Waals surface area contributed by atoms with Gasteiger partial charge in [-0.25, -0.2) is 33.1 Å². The Balaban J connectivity index is 0.000000338. The van der Waals surface area contributed by atoms with E-state index in [-0.39, 0.29) is 20.8 Å². The Morgan fingerprint density at radius 2 is 1.12 bits per heavy atom. The molecular weight excluding hydrogens is 1110 g/mol. The van der Waals surface area contributed by atoms with E-state index in [2.05, 4.69) is 52.7 Å². The minimum Gasteiger partial charge on any atom is -0.594 e. The van der Waals surface area contributed by atoms with Crippen LogP contribution in [0, 0.1) is 23.7 Å². The lowest BCUT2D eigenvalue weighted by Crippen LogP contribution is -2.43. The monoisotopic (exact) mass is 1200 g/mol. The van der Waals surface area contributed by atoms with Gasteiger partial charge in [0.1, 0.15) is 29.9 Å². The molecule has 464 valence electrons. The number of nitrogens with two attached hydrogens (primary N) is 1. The van der Waals surface area contributed by atoms with Crippen molar-refractivity contribution in [1.29, 1.82) is 0 Å². The molecule has 2 atom stereocenters. The number of hydrogen-bond acceptors (Lipinski definition) is 20. The smallest absolute Gasteiger partial charge is 0.493 e. The van der Waals surface area contributed by atoms with E-state index >= 15 is 0 Å². The van der Waals surface area contributed by atoms with Gasteiger partial charge in [-0.2, -0.15) is 0 Å². The minimum absolute atomic E-state index is 0. The first-order chi connectivity index (χ1) is 38.2. The van der Waals surface area contributed by atoms with Crippen LogP contribution in [0.3, 0.4) is 0 Å². The molecule has 0 saturated carbocycles. The fourth-order valence-corrected chi connectivity index (χ4v) is 11.5. The van der Waals surface area contributed by atoms with Crippen molar-refractivity contribution in [2.45, 2.75) is 120 Å². The summed E-state index contributed by atoms with van der Waals surface area (Å²) >= 11 is 0. The van der Waals surface area contributed by atoms with Gasteiger partial charge in [-0.1, -0.05) is 70.7 Å². The maximum absolute atomic E-state index is 12.4. The number of anilines is 3. The molecule has 2 fully saturated rings. The number of carbonyl (C=O) groups excluding carboxylic acids is 1. The van der Waals surface area contributed by atoms with Gasteiger partial charge in [-0.05, 0) is 88.8 Å². The molecule has 2 saturated heterocycles. The Morgan fingerprint density at radius 1 is 0.711 bits per heavy atom. The van der Waals surface area contributed by atoms with Crippen LogP contribution in [-0.4, -0.2) is 148 Å². The Labute approximate surface area is 493 Å². The molecule has 2 aromatic carbocycles. The average molecular weight is 1200 g/mol. The lowest BCUT2D eigenvalue weighted by Gasteiger charge is -2.37. The van der Waals surface area contributed by atoms with Gasteiger partial charge in [0, 0.05) is 93.1 Å². The number of benzene rings is 2. The van der Waals surface area contributed by atoms with Crippen LogP contribution in [0.5, 0.6) is 23.0 Å². The van der Waals surface area contributed by atoms with Gasteiger partial charge < -0.3 is 54.0 Å². The Hall–Kier alpha value is -6.57. The van der Waals surface area contributed by atoms with Crippen molar-refractivity contribution < 1.29 is 59.1 Å². The van der Waals surface area contributed by atoms with E-state index in [0.29, 0.717) is 47.3 Å². The maximum Gasteiger partial charge on any atom is 0.493 e. The van der Waals surface area contributed by atoms with E-state index < -0.39 is 49.2 Å². The van der Waals surface area contributed by atoms with E-state index in [1.54, 1.807) is 94.8 Å². The van der Waals surface area contributed by atoms with Crippen LogP contribution in [0.1, 0.15) is 109 Å². The number of piperidine rings is 2. The average Bonchev–Trinajstić information content (AvgIpc) is 3.56. The summed E-state index contributed by atoms with van der Waals surface area (Å²) in [6, 6.07) is 10.8. The third-order valence-electron chi connectivity index (χ3n) is 14.0. The van der Waals surface area contributed by atoms with Crippen LogP contribution in [0.2, 0.25) is 0 Å². The summed E-state index contributed by atoms with van der Waals surface area (Å²) in [5.74, 6) is 4.93. The molecule has 0 amide bonds. The molecule has 0 bridgehead atoms. The molecule has 0 radical (unpaired) electrons. The van der Waals surface area contributed by atoms with Crippen molar-refractivity contribution in [3.05, 3.63) is 61.4 Å². The maximum atomic E-state index is 12.4. The lowest BCUT2D eigenvalue weighted by molar-refractivity contribution is -0.511. The lowest BCUT2D eigenvalue weighted by atomic mass is 9.83. The minimum atomic E-state index is -4.13. The van der Waals surface area contributed by atoms with E-state index in [9.17, 15) is 26.7 Å². The molecule has 5 aromatic rings. The highest BCUT2D eigenvalue weighted by molar-refractivity contribution is 7.90. The zero-order valence-corrected chi connectivity index (χ0v) is 51.2. The summed E-state index contributed by atoms with van der Waals surface area (Å²) in [5.41, 5.74) is 6.90. The summed E-state index contributed by atoms with van der Waals surface area (Å²) in [5, 5.41) is 13.3. The zero-order valence-electron chi connectivity index (χ0n) is 49.6. The van der Waals surface area contributed by atoms with Gasteiger partial charge in [0.15, 0.2) is 47.2 Å². The first kappa shape index (κ1) is 70.7. The van der Waals surface area contributed by atoms with Crippen molar-refractivity contribution in [2.75, 3.05) is 102 Å². The van der Waals surface area contributed by atoms with Gasteiger partial charge in [-0.3, -0.25) is 4.79 Å². The second-order valence-corrected chi connectivity index (χ2v) is 25.4. The van der Waals surface area contributed by atoms with Gasteiger partial charge in [0.25, 0.3) is 0 Å². The summed E-state index contributed by atoms with van der Waals surface area (Å²) in [7, 11) is 2.26. The first-order valence-corrected chi connectivity index (χ1v) is 30.3. The molecule has 23 nitrogen and oxygen atoms in total. The number of fused-ring (bicyclic) bond motifs is 2. The number of sulfonamides is 1. The molecule has 25 heteroatoms. The molecule has 3 aromatic heterocycles. The van der Waals surface area contributed by atoms with Crippen LogP contribution < -0.4 is 53.2 Å². The largest absolute Gasteiger partial charge is 0.594 e. The fourth-order valence-electron chi connectivity index (χ4n) is 9.83. The van der Waals surface area contributed by atoms with E-state index in [1.807, 2.05) is 43.3 Å². The molecule has 5 heterocycles. The van der Waals surface area contributed by atoms with E-state index in [4.69, 9.17) is 34.2 Å². The van der Waals surface area contributed by atoms with E-state index in [1.165, 1.54) is 12.4 Å². The van der Waals surface area contributed by atoms with Crippen molar-refractivity contribution >= 4 is 71.4 Å². The Morgan fingerprint density at radius 3 is 1.49 bits per heavy atom. The first-order valence-electron chi connectivity index (χ1n) is 27.2. The summed E-state index contributed by atoms with van der Waals surface area (Å²) in [6.45, 7) is 19.0. The summed E-state index contributed by atoms with van der Waals surface area (Å²) in [6.07, 6.45) is 10.8. The number of nitrogens with zero attached hydrogens (tertiary/aromatic N) is 9. The Bertz CT molecular complexity index is 3100. The summed E-state index contributed by atoms with van der Waals surface area (Å²) in [4.78, 5) is 36.3. The number of carbonyl (C=O) groups is 1. The van der Waals surface area contributed by atoms with Crippen LogP contribution in [0.25, 0.3) is 21.8 Å². The van der Waals surface area contributed by atoms with Crippen LogP contribution in [0.15, 0.2) is 65.8 Å². The van der Waals surface area contributed by atoms with Gasteiger partial charge in [-0.15, -0.1) is 8.42 Å². The predicted molar refractivity (Wildman–Crippen MR) is 326 cm³/mol. The van der Waals surface area contributed by atoms with Crippen molar-refractivity contribution in [3.8, 4) is 23.0 Å². The van der Waals surface area contributed by atoms with Crippen LogP contribution in [0.4, 0.5) is 17.3 Å². The Kier molecular flexibility index (Phi) is 26.7. The highest BCUT2D eigenvalue weighted by Crippen LogP contribution is 2.38. The third-order valence-corrected chi connectivity index (χ3v) is 16.4. The molecule has 2 aliphatic rings. The number of hydrogen-bond donors (Lipinski definition) is 2. The SMILES string of the molecule is C.C.CCC(CN)C1CCN(c2ncnc3cc(OC)c(OC)cc23)CC1.CCC(CNS(=O)(=O)CC(=O)OC(C)(C)C)C1CCN(c2ncnc3cc(OC)c(OC)cc23)CC1.CN(C)c1cc[n+](S(=O)(=O)N=C([O-])OC(C)(C)C)cc1. The van der Waals surface area contributed by atoms with Gasteiger partial charge in [0.05, 0.1) is 39.5 Å². The number of nitrogens with one attached hydrogen (secondary N) is 1. The quantitative estimate of drug-likeness (QED) is 0.0367. The highest BCUT2D eigenvalue weighted by atomic mass is 32.2. The standard InChI is InChI=1S/C25H38N4O6S.C19H28N4O2.C12H19N3O4S.2CH4/c1-7-17(14-28-36(31,32)15-23(30)35-25(2,3)4)18-8-10-29(11-9-18)24-19-12-21(33-5)22(34-6)13-20(19)26-16-27-24;1-4-13(11-20)14-5-7-23(8-6-14)19-15-9-17(24-2)18(25-3)10-16(15)21-12-22-19;1-12(2,3)19-11(16)13-20(17,18)15-8-6-10(7-9-15)14(4)5;;/h12-13,16-18,28H,7-11,14-15H2,1-6H3;9-10,12-14H,4-8,11,20H2,1-3H3;6-9H,1-5H3;2*1H4. The van der Waals surface area contributed by atoms with Gasteiger partial charge in [0.2, 0.25) is 10.0 Å². The van der Waals surface area contributed by atoms with Crippen molar-refractivity contribution in [2.24, 2.45) is 33.8 Å². The molecule has 0 aliphatic carbocycles. The van der Waals surface area contributed by atoms with Crippen LogP contribution >= 0.6 is 0 Å². The number of ether oxygens (including phenoxy) is 6. The zero-order chi connectivity index (χ0) is 59.9. The molecule has 83 heavy (non-hydrogen) atoms. The van der Waals surface area contributed by atoms with E-state index in [0.717, 1.165) is 114 Å². The second kappa shape index (κ2) is 31.4. The molecule has 3 N–H and O–H groups in total. The third kappa shape index (κ3) is 20.3. The number of esters is 1. The van der Waals surface area contributed by atoms with Gasteiger partial charge >= 0.3 is 16.2 Å². The molecule has 2 unspecified atom stereocenters. The number of aromatic nitrogens is 5. The molecule has 0 spiro atoms. The topological polar surface area (TPSA) is 279 Å². The normalized spacial score (nSPS) is 15.2. The number of rotatable bonds is 19. The molecular formula is C58H93N11O12S2. The second-order valence-electron chi connectivity index (χ2n) is 22.1. The fraction of sp³-hybridized carbons (Fsp3) is 0.603. The van der Waals surface area contributed by atoms with Crippen molar-refractivity contribution in [1.82, 2.24) is 24.7 Å². The highest BCUT2D eigenvalue weighted by Gasteiger charge is 2.31. The van der Waals surface area contributed by atoms with Crippen molar-refractivity contribution in [3.63, 3.8) is 0 Å². The molecule has 2 aliphatic heterocycles. The molecule has 7 rings (SSSR count).